The molecule has 1 aliphatic rings. The van der Waals surface area contributed by atoms with Gasteiger partial charge < -0.3 is 10.1 Å². The van der Waals surface area contributed by atoms with Gasteiger partial charge in [-0.3, -0.25) is 9.69 Å². The van der Waals surface area contributed by atoms with Crippen molar-refractivity contribution in [2.24, 2.45) is 0 Å². The van der Waals surface area contributed by atoms with Crippen LogP contribution in [0.2, 0.25) is 0 Å². The van der Waals surface area contributed by atoms with E-state index in [1.54, 1.807) is 0 Å². The second-order valence-electron chi connectivity index (χ2n) is 7.11. The van der Waals surface area contributed by atoms with Gasteiger partial charge in [-0.15, -0.1) is 0 Å². The van der Waals surface area contributed by atoms with Crippen LogP contribution in [-0.4, -0.2) is 42.1 Å². The zero-order valence-corrected chi connectivity index (χ0v) is 14.8. The van der Waals surface area contributed by atoms with Crippen LogP contribution >= 0.6 is 0 Å². The Labute approximate surface area is 140 Å². The second kappa shape index (κ2) is 7.93. The van der Waals surface area contributed by atoms with Gasteiger partial charge in [-0.1, -0.05) is 43.7 Å². The van der Waals surface area contributed by atoms with Crippen molar-refractivity contribution in [3.63, 3.8) is 0 Å². The molecule has 0 aliphatic carbocycles. The standard InChI is InChI=1S/C19H30N2O2/c1-5-9-17(18(22)23-4)20-16-12-19(2,3)21(14-16)13-15-10-7-6-8-11-15/h6-8,10-11,16-17,20H,5,9,12-14H2,1-4H3/t16-,17+/m1/s1. The lowest BCUT2D eigenvalue weighted by molar-refractivity contribution is -0.143. The molecule has 1 fully saturated rings. The molecule has 0 spiro atoms. The van der Waals surface area contributed by atoms with Gasteiger partial charge in [0.15, 0.2) is 0 Å². The van der Waals surface area contributed by atoms with E-state index in [0.29, 0.717) is 6.04 Å². The highest BCUT2D eigenvalue weighted by molar-refractivity contribution is 5.75. The lowest BCUT2D eigenvalue weighted by Gasteiger charge is -2.31. The van der Waals surface area contributed by atoms with Crippen LogP contribution in [-0.2, 0) is 16.1 Å². The summed E-state index contributed by atoms with van der Waals surface area (Å²) in [6, 6.07) is 10.7. The quantitative estimate of drug-likeness (QED) is 0.785. The van der Waals surface area contributed by atoms with Gasteiger partial charge in [-0.25, -0.2) is 0 Å². The molecule has 1 aromatic rings. The SMILES string of the molecule is CCC[C@H](N[C@H]1CN(Cc2ccccc2)C(C)(C)C1)C(=O)OC. The fourth-order valence-corrected chi connectivity index (χ4v) is 3.49. The molecule has 0 bridgehead atoms. The number of rotatable bonds is 7. The normalized spacial score (nSPS) is 22.0. The highest BCUT2D eigenvalue weighted by atomic mass is 16.5. The van der Waals surface area contributed by atoms with Crippen molar-refractivity contribution in [3.8, 4) is 0 Å². The largest absolute Gasteiger partial charge is 0.468 e. The Morgan fingerprint density at radius 1 is 1.39 bits per heavy atom. The molecule has 1 heterocycles. The third kappa shape index (κ3) is 4.79. The Bertz CT molecular complexity index is 501. The summed E-state index contributed by atoms with van der Waals surface area (Å²) in [6.45, 7) is 8.56. The van der Waals surface area contributed by atoms with Crippen LogP contribution in [0.4, 0.5) is 0 Å². The summed E-state index contributed by atoms with van der Waals surface area (Å²) < 4.78 is 4.93. The summed E-state index contributed by atoms with van der Waals surface area (Å²) in [7, 11) is 1.47. The topological polar surface area (TPSA) is 41.6 Å². The Morgan fingerprint density at radius 2 is 2.09 bits per heavy atom. The molecular formula is C19H30N2O2. The third-order valence-corrected chi connectivity index (χ3v) is 4.76. The summed E-state index contributed by atoms with van der Waals surface area (Å²) in [6.07, 6.45) is 2.83. The Balaban J connectivity index is 1.99. The van der Waals surface area contributed by atoms with Crippen molar-refractivity contribution in [1.29, 1.82) is 0 Å². The first-order valence-electron chi connectivity index (χ1n) is 8.59. The van der Waals surface area contributed by atoms with E-state index in [4.69, 9.17) is 4.74 Å². The Kier molecular flexibility index (Phi) is 6.19. The molecule has 4 heteroatoms. The van der Waals surface area contributed by atoms with E-state index in [1.807, 2.05) is 0 Å². The van der Waals surface area contributed by atoms with Crippen molar-refractivity contribution in [1.82, 2.24) is 10.2 Å². The van der Waals surface area contributed by atoms with E-state index in [9.17, 15) is 4.79 Å². The third-order valence-electron chi connectivity index (χ3n) is 4.76. The van der Waals surface area contributed by atoms with Crippen LogP contribution in [0.3, 0.4) is 0 Å². The number of nitrogens with zero attached hydrogens (tertiary/aromatic N) is 1. The Hall–Kier alpha value is -1.39. The summed E-state index contributed by atoms with van der Waals surface area (Å²) in [5.74, 6) is -0.147. The fourth-order valence-electron chi connectivity index (χ4n) is 3.49. The maximum absolute atomic E-state index is 11.9. The zero-order chi connectivity index (χ0) is 16.9. The number of carbonyl (C=O) groups excluding carboxylic acids is 1. The van der Waals surface area contributed by atoms with Crippen LogP contribution in [0.1, 0.15) is 45.6 Å². The zero-order valence-electron chi connectivity index (χ0n) is 14.8. The molecule has 0 unspecified atom stereocenters. The average molecular weight is 318 g/mol. The van der Waals surface area contributed by atoms with Gasteiger partial charge in [0, 0.05) is 24.7 Å². The predicted molar refractivity (Wildman–Crippen MR) is 93.2 cm³/mol. The van der Waals surface area contributed by atoms with Gasteiger partial charge in [0.2, 0.25) is 0 Å². The number of hydrogen-bond acceptors (Lipinski definition) is 4. The first kappa shape index (κ1) is 18.0. The fraction of sp³-hybridized carbons (Fsp3) is 0.632. The van der Waals surface area contributed by atoms with Crippen LogP contribution < -0.4 is 5.32 Å². The minimum Gasteiger partial charge on any atom is -0.468 e. The predicted octanol–water partition coefficient (Wildman–Crippen LogP) is 2.97. The van der Waals surface area contributed by atoms with E-state index in [0.717, 1.165) is 32.4 Å². The minimum absolute atomic E-state index is 0.125. The molecule has 1 aromatic carbocycles. The van der Waals surface area contributed by atoms with Crippen molar-refractivity contribution >= 4 is 5.97 Å². The second-order valence-corrected chi connectivity index (χ2v) is 7.11. The maximum atomic E-state index is 11.9. The molecule has 0 radical (unpaired) electrons. The van der Waals surface area contributed by atoms with Gasteiger partial charge in [0.1, 0.15) is 6.04 Å². The molecule has 0 amide bonds. The smallest absolute Gasteiger partial charge is 0.322 e. The molecule has 1 aliphatic heterocycles. The number of ether oxygens (including phenoxy) is 1. The number of methoxy groups -OCH3 is 1. The molecule has 2 rings (SSSR count). The Morgan fingerprint density at radius 3 is 2.70 bits per heavy atom. The number of nitrogens with one attached hydrogen (secondary N) is 1. The van der Waals surface area contributed by atoms with Crippen molar-refractivity contribution in [3.05, 3.63) is 35.9 Å². The minimum atomic E-state index is -0.192. The molecule has 4 nitrogen and oxygen atoms in total. The van der Waals surface area contributed by atoms with E-state index in [-0.39, 0.29) is 17.6 Å². The summed E-state index contributed by atoms with van der Waals surface area (Å²) in [4.78, 5) is 14.4. The van der Waals surface area contributed by atoms with E-state index in [1.165, 1.54) is 12.7 Å². The maximum Gasteiger partial charge on any atom is 0.322 e. The highest BCUT2D eigenvalue weighted by Crippen LogP contribution is 2.30. The van der Waals surface area contributed by atoms with Gasteiger partial charge in [-0.05, 0) is 32.3 Å². The first-order valence-corrected chi connectivity index (χ1v) is 8.59. The van der Waals surface area contributed by atoms with Crippen molar-refractivity contribution in [2.75, 3.05) is 13.7 Å². The van der Waals surface area contributed by atoms with E-state index in [2.05, 4.69) is 61.3 Å². The number of likely N-dealkylation sites (tertiary alicyclic amines) is 1. The molecule has 0 saturated carbocycles. The summed E-state index contributed by atoms with van der Waals surface area (Å²) in [5, 5.41) is 3.52. The number of benzene rings is 1. The van der Waals surface area contributed by atoms with Gasteiger partial charge >= 0.3 is 5.97 Å². The number of esters is 1. The molecule has 2 atom stereocenters. The lowest BCUT2D eigenvalue weighted by Crippen LogP contribution is -2.45. The van der Waals surface area contributed by atoms with Crippen LogP contribution in [0.15, 0.2) is 30.3 Å². The molecule has 128 valence electrons. The van der Waals surface area contributed by atoms with Crippen LogP contribution in [0, 0.1) is 0 Å². The van der Waals surface area contributed by atoms with Crippen molar-refractivity contribution < 1.29 is 9.53 Å². The molecule has 23 heavy (non-hydrogen) atoms. The molecule has 1 N–H and O–H groups in total. The van der Waals surface area contributed by atoms with Crippen LogP contribution in [0.5, 0.6) is 0 Å². The highest BCUT2D eigenvalue weighted by Gasteiger charge is 2.39. The monoisotopic (exact) mass is 318 g/mol. The molecule has 1 saturated heterocycles. The van der Waals surface area contributed by atoms with E-state index < -0.39 is 0 Å². The lowest BCUT2D eigenvalue weighted by atomic mass is 9.99. The summed E-state index contributed by atoms with van der Waals surface area (Å²) in [5.41, 5.74) is 1.46. The van der Waals surface area contributed by atoms with E-state index >= 15 is 0 Å². The average Bonchev–Trinajstić information content (AvgIpc) is 2.81. The first-order chi connectivity index (χ1) is 11.0. The van der Waals surface area contributed by atoms with Crippen LogP contribution in [0.25, 0.3) is 0 Å². The summed E-state index contributed by atoms with van der Waals surface area (Å²) >= 11 is 0. The van der Waals surface area contributed by atoms with Gasteiger partial charge in [-0.2, -0.15) is 0 Å². The van der Waals surface area contributed by atoms with Crippen molar-refractivity contribution in [2.45, 2.75) is 64.2 Å². The molecule has 0 aromatic heterocycles. The molecular weight excluding hydrogens is 288 g/mol. The number of hydrogen-bond donors (Lipinski definition) is 1. The number of carbonyl (C=O) groups is 1. The van der Waals surface area contributed by atoms with Gasteiger partial charge in [0.25, 0.3) is 0 Å². The van der Waals surface area contributed by atoms with Gasteiger partial charge in [0.05, 0.1) is 7.11 Å².